The summed E-state index contributed by atoms with van der Waals surface area (Å²) in [6, 6.07) is 2.56. The molecule has 2 rings (SSSR count). The van der Waals surface area contributed by atoms with Gasteiger partial charge in [-0.05, 0) is 60.1 Å². The van der Waals surface area contributed by atoms with Crippen molar-refractivity contribution in [2.75, 3.05) is 32.7 Å². The number of aliphatic imine (C=N–C) groups is 1. The zero-order valence-corrected chi connectivity index (χ0v) is 17.1. The summed E-state index contributed by atoms with van der Waals surface area (Å²) in [6.07, 6.45) is 3.93. The predicted octanol–water partition coefficient (Wildman–Crippen LogP) is 2.53. The molecule has 6 nitrogen and oxygen atoms in total. The lowest BCUT2D eigenvalue weighted by Crippen LogP contribution is -2.45. The average Bonchev–Trinajstić information content (AvgIpc) is 2.94. The molecule has 1 aliphatic heterocycles. The van der Waals surface area contributed by atoms with Crippen LogP contribution in [0.5, 0.6) is 0 Å². The summed E-state index contributed by atoms with van der Waals surface area (Å²) >= 11 is 0. The second-order valence-corrected chi connectivity index (χ2v) is 7.60. The zero-order valence-electron chi connectivity index (χ0n) is 17.1. The predicted molar refractivity (Wildman–Crippen MR) is 107 cm³/mol. The molecule has 0 spiro atoms. The number of hydrogen-bond acceptors (Lipinski definition) is 4. The summed E-state index contributed by atoms with van der Waals surface area (Å²) in [5, 5.41) is 17.5. The molecule has 0 bridgehead atoms. The minimum absolute atomic E-state index is 0.280. The largest absolute Gasteiger partial charge is 0.466 e. The van der Waals surface area contributed by atoms with E-state index in [1.807, 2.05) is 26.8 Å². The number of hydrogen-bond donors (Lipinski definition) is 3. The average molecular weight is 365 g/mol. The van der Waals surface area contributed by atoms with Crippen LogP contribution in [-0.2, 0) is 5.60 Å². The second kappa shape index (κ2) is 9.42. The van der Waals surface area contributed by atoms with Crippen molar-refractivity contribution in [1.29, 1.82) is 0 Å². The second-order valence-electron chi connectivity index (χ2n) is 7.60. The molecule has 6 heteroatoms. The van der Waals surface area contributed by atoms with E-state index in [1.54, 1.807) is 6.92 Å². The molecule has 2 atom stereocenters. The number of furan rings is 1. The van der Waals surface area contributed by atoms with Crippen LogP contribution in [0.1, 0.15) is 57.1 Å². The van der Waals surface area contributed by atoms with Crippen molar-refractivity contribution in [1.82, 2.24) is 15.5 Å². The molecule has 0 aliphatic carbocycles. The van der Waals surface area contributed by atoms with Crippen LogP contribution < -0.4 is 10.6 Å². The smallest absolute Gasteiger partial charge is 0.191 e. The van der Waals surface area contributed by atoms with Gasteiger partial charge in [-0.2, -0.15) is 0 Å². The Hall–Kier alpha value is -1.53. The summed E-state index contributed by atoms with van der Waals surface area (Å²) in [7, 11) is 0. The van der Waals surface area contributed by atoms with Gasteiger partial charge >= 0.3 is 0 Å². The van der Waals surface area contributed by atoms with Crippen LogP contribution in [0.25, 0.3) is 0 Å². The Morgan fingerprint density at radius 2 is 2.15 bits per heavy atom. The van der Waals surface area contributed by atoms with E-state index >= 15 is 0 Å². The normalized spacial score (nSPS) is 21.5. The lowest BCUT2D eigenvalue weighted by Gasteiger charge is -2.33. The Labute approximate surface area is 158 Å². The summed E-state index contributed by atoms with van der Waals surface area (Å²) in [4.78, 5) is 7.13. The van der Waals surface area contributed by atoms with Crippen molar-refractivity contribution < 1.29 is 9.52 Å². The van der Waals surface area contributed by atoms with E-state index < -0.39 is 5.60 Å². The minimum atomic E-state index is -1.05. The Morgan fingerprint density at radius 3 is 2.77 bits per heavy atom. The van der Waals surface area contributed by atoms with E-state index in [1.165, 1.54) is 25.8 Å². The third kappa shape index (κ3) is 5.74. The summed E-state index contributed by atoms with van der Waals surface area (Å²) < 4.78 is 5.55. The third-order valence-corrected chi connectivity index (χ3v) is 5.14. The Kier molecular flexibility index (Phi) is 7.53. The first-order valence-corrected chi connectivity index (χ1v) is 9.89. The van der Waals surface area contributed by atoms with Crippen LogP contribution in [0, 0.1) is 13.8 Å². The lowest BCUT2D eigenvalue weighted by molar-refractivity contribution is 0.0657. The van der Waals surface area contributed by atoms with E-state index in [9.17, 15) is 5.11 Å². The van der Waals surface area contributed by atoms with Gasteiger partial charge in [0.15, 0.2) is 5.96 Å². The number of rotatable bonds is 7. The number of nitrogens with one attached hydrogen (secondary N) is 2. The van der Waals surface area contributed by atoms with Crippen molar-refractivity contribution >= 4 is 5.96 Å². The van der Waals surface area contributed by atoms with Gasteiger partial charge in [0.25, 0.3) is 0 Å². The molecule has 1 aromatic heterocycles. The molecule has 1 aliphatic rings. The highest BCUT2D eigenvalue weighted by molar-refractivity contribution is 5.79. The van der Waals surface area contributed by atoms with E-state index in [0.717, 1.165) is 42.7 Å². The number of guanidine groups is 1. The summed E-state index contributed by atoms with van der Waals surface area (Å²) in [5.74, 6) is 2.30. The van der Waals surface area contributed by atoms with E-state index in [2.05, 4.69) is 27.4 Å². The maximum absolute atomic E-state index is 10.8. The van der Waals surface area contributed by atoms with Crippen LogP contribution in [0.2, 0.25) is 0 Å². The molecule has 0 aromatic carbocycles. The minimum Gasteiger partial charge on any atom is -0.466 e. The van der Waals surface area contributed by atoms with Crippen molar-refractivity contribution in [3.05, 3.63) is 23.2 Å². The fraction of sp³-hybridized carbons (Fsp3) is 0.750. The molecule has 2 heterocycles. The molecule has 3 N–H and O–H groups in total. The maximum atomic E-state index is 10.8. The van der Waals surface area contributed by atoms with Gasteiger partial charge in [-0.3, -0.25) is 4.90 Å². The SMILES string of the molecule is CCNC(=NCC(C)(O)c1cc(C)oc1C)NCCN1CCCCC1C. The van der Waals surface area contributed by atoms with E-state index in [-0.39, 0.29) is 6.54 Å². The van der Waals surface area contributed by atoms with Crippen LogP contribution in [0.4, 0.5) is 0 Å². The number of nitrogens with zero attached hydrogens (tertiary/aromatic N) is 2. The van der Waals surface area contributed by atoms with E-state index in [4.69, 9.17) is 4.42 Å². The van der Waals surface area contributed by atoms with Gasteiger partial charge in [0.05, 0.1) is 6.54 Å². The molecule has 1 saturated heterocycles. The van der Waals surface area contributed by atoms with E-state index in [0.29, 0.717) is 6.04 Å². The highest BCUT2D eigenvalue weighted by atomic mass is 16.3. The Bertz CT molecular complexity index is 595. The van der Waals surface area contributed by atoms with Gasteiger partial charge in [0.1, 0.15) is 17.1 Å². The van der Waals surface area contributed by atoms with Crippen molar-refractivity contribution in [2.24, 2.45) is 4.99 Å². The first-order chi connectivity index (χ1) is 12.3. The first kappa shape index (κ1) is 20.8. The Balaban J connectivity index is 1.91. The first-order valence-electron chi connectivity index (χ1n) is 9.89. The van der Waals surface area contributed by atoms with Gasteiger partial charge in [-0.1, -0.05) is 6.42 Å². The monoisotopic (exact) mass is 364 g/mol. The van der Waals surface area contributed by atoms with Crippen LogP contribution in [0.3, 0.4) is 0 Å². The molecule has 0 radical (unpaired) electrons. The molecule has 0 saturated carbocycles. The molecule has 0 amide bonds. The van der Waals surface area contributed by atoms with Gasteiger partial charge in [-0.25, -0.2) is 4.99 Å². The van der Waals surface area contributed by atoms with Crippen LogP contribution in [0.15, 0.2) is 15.5 Å². The lowest BCUT2D eigenvalue weighted by atomic mass is 9.96. The summed E-state index contributed by atoms with van der Waals surface area (Å²) in [5.41, 5.74) is -0.247. The van der Waals surface area contributed by atoms with Crippen molar-refractivity contribution in [2.45, 2.75) is 65.5 Å². The third-order valence-electron chi connectivity index (χ3n) is 5.14. The van der Waals surface area contributed by atoms with Crippen LogP contribution >= 0.6 is 0 Å². The molecular weight excluding hydrogens is 328 g/mol. The molecule has 2 unspecified atom stereocenters. The van der Waals surface area contributed by atoms with Crippen molar-refractivity contribution in [3.8, 4) is 0 Å². The standard InChI is InChI=1S/C20H36N4O2/c1-6-21-19(22-10-12-24-11-8-7-9-15(24)2)23-14-20(5,25)18-13-16(3)26-17(18)4/h13,15,25H,6-12,14H2,1-5H3,(H2,21,22,23). The molecule has 1 aromatic rings. The van der Waals surface area contributed by atoms with Gasteiger partial charge < -0.3 is 20.2 Å². The van der Waals surface area contributed by atoms with Crippen molar-refractivity contribution in [3.63, 3.8) is 0 Å². The molecule has 26 heavy (non-hydrogen) atoms. The molecule has 148 valence electrons. The maximum Gasteiger partial charge on any atom is 0.191 e. The number of piperidine rings is 1. The van der Waals surface area contributed by atoms with Crippen LogP contribution in [-0.4, -0.2) is 54.7 Å². The fourth-order valence-corrected chi connectivity index (χ4v) is 3.63. The number of aryl methyl sites for hydroxylation is 2. The highest BCUT2D eigenvalue weighted by Gasteiger charge is 2.27. The molecular formula is C20H36N4O2. The van der Waals surface area contributed by atoms with Gasteiger partial charge in [-0.15, -0.1) is 0 Å². The number of likely N-dealkylation sites (tertiary alicyclic amines) is 1. The fourth-order valence-electron chi connectivity index (χ4n) is 3.63. The topological polar surface area (TPSA) is 73.0 Å². The number of aliphatic hydroxyl groups is 1. The zero-order chi connectivity index (χ0) is 19.2. The highest BCUT2D eigenvalue weighted by Crippen LogP contribution is 2.27. The summed E-state index contributed by atoms with van der Waals surface area (Å²) in [6.45, 7) is 14.0. The molecule has 1 fully saturated rings. The van der Waals surface area contributed by atoms with Gasteiger partial charge in [0, 0.05) is 31.2 Å². The quantitative estimate of drug-likeness (QED) is 0.512. The van der Waals surface area contributed by atoms with Gasteiger partial charge in [0.2, 0.25) is 0 Å². The Morgan fingerprint density at radius 1 is 1.38 bits per heavy atom.